The van der Waals surface area contributed by atoms with Crippen LogP contribution in [-0.4, -0.2) is 23.4 Å². The first kappa shape index (κ1) is 14.5. The summed E-state index contributed by atoms with van der Waals surface area (Å²) in [6.45, 7) is 2.91. The minimum absolute atomic E-state index is 0.179. The Balaban J connectivity index is 2.42. The monoisotopic (exact) mass is 277 g/mol. The Morgan fingerprint density at radius 3 is 2.80 bits per heavy atom. The maximum Gasteiger partial charge on any atom is 0.124 e. The molecule has 0 saturated carbocycles. The van der Waals surface area contributed by atoms with Crippen molar-refractivity contribution >= 4 is 0 Å². The maximum atomic E-state index is 13.6. The van der Waals surface area contributed by atoms with Crippen LogP contribution in [0.5, 0.6) is 5.75 Å². The van der Waals surface area contributed by atoms with Crippen molar-refractivity contribution in [1.29, 1.82) is 0 Å². The molecule has 1 aromatic heterocycles. The molecule has 5 heteroatoms. The van der Waals surface area contributed by atoms with E-state index in [4.69, 9.17) is 4.74 Å². The van der Waals surface area contributed by atoms with Gasteiger partial charge in [0.05, 0.1) is 18.8 Å². The van der Waals surface area contributed by atoms with E-state index in [2.05, 4.69) is 17.3 Å². The van der Waals surface area contributed by atoms with Crippen molar-refractivity contribution in [2.24, 2.45) is 7.05 Å². The fraction of sp³-hybridized carbons (Fsp3) is 0.400. The number of methoxy groups -OCH3 is 1. The van der Waals surface area contributed by atoms with E-state index >= 15 is 0 Å². The number of halogens is 1. The SMILES string of the molecule is CCCNC(c1ccn(C)n1)c1cc(F)ccc1OC. The lowest BCUT2D eigenvalue weighted by molar-refractivity contribution is 0.401. The number of nitrogens with zero attached hydrogens (tertiary/aromatic N) is 2. The number of aryl methyl sites for hydroxylation is 1. The van der Waals surface area contributed by atoms with Crippen molar-refractivity contribution in [3.8, 4) is 5.75 Å². The van der Waals surface area contributed by atoms with Gasteiger partial charge in [0.1, 0.15) is 11.6 Å². The third-order valence-corrected chi connectivity index (χ3v) is 3.13. The molecule has 1 unspecified atom stereocenters. The second-order valence-electron chi connectivity index (χ2n) is 4.69. The summed E-state index contributed by atoms with van der Waals surface area (Å²) >= 11 is 0. The molecule has 2 rings (SSSR count). The van der Waals surface area contributed by atoms with Gasteiger partial charge in [-0.15, -0.1) is 0 Å². The Hall–Kier alpha value is -1.88. The highest BCUT2D eigenvalue weighted by atomic mass is 19.1. The Morgan fingerprint density at radius 1 is 1.40 bits per heavy atom. The highest BCUT2D eigenvalue weighted by molar-refractivity contribution is 5.40. The Kier molecular flexibility index (Phi) is 4.74. The van der Waals surface area contributed by atoms with E-state index < -0.39 is 0 Å². The van der Waals surface area contributed by atoms with Crippen LogP contribution in [0.3, 0.4) is 0 Å². The number of rotatable bonds is 6. The Labute approximate surface area is 118 Å². The molecule has 2 aromatic rings. The highest BCUT2D eigenvalue weighted by Crippen LogP contribution is 2.30. The van der Waals surface area contributed by atoms with Gasteiger partial charge in [-0.3, -0.25) is 4.68 Å². The zero-order chi connectivity index (χ0) is 14.5. The summed E-state index contributed by atoms with van der Waals surface area (Å²) in [6.07, 6.45) is 2.86. The van der Waals surface area contributed by atoms with Crippen molar-refractivity contribution in [2.45, 2.75) is 19.4 Å². The molecule has 0 saturated heterocycles. The molecular weight excluding hydrogens is 257 g/mol. The van der Waals surface area contributed by atoms with Crippen molar-refractivity contribution < 1.29 is 9.13 Å². The van der Waals surface area contributed by atoms with Crippen LogP contribution < -0.4 is 10.1 Å². The van der Waals surface area contributed by atoms with Gasteiger partial charge in [-0.05, 0) is 37.2 Å². The quantitative estimate of drug-likeness (QED) is 0.882. The van der Waals surface area contributed by atoms with E-state index in [1.807, 2.05) is 19.3 Å². The van der Waals surface area contributed by atoms with Crippen LogP contribution in [0.1, 0.15) is 30.6 Å². The fourth-order valence-electron chi connectivity index (χ4n) is 2.18. The third-order valence-electron chi connectivity index (χ3n) is 3.13. The first-order valence-electron chi connectivity index (χ1n) is 6.72. The minimum atomic E-state index is -0.278. The molecule has 1 heterocycles. The molecule has 108 valence electrons. The van der Waals surface area contributed by atoms with Crippen molar-refractivity contribution in [3.63, 3.8) is 0 Å². The average molecular weight is 277 g/mol. The number of hydrogen-bond donors (Lipinski definition) is 1. The molecule has 0 aliphatic carbocycles. The largest absolute Gasteiger partial charge is 0.496 e. The van der Waals surface area contributed by atoms with Crippen LogP contribution in [0.15, 0.2) is 30.5 Å². The molecule has 0 aliphatic rings. The van der Waals surface area contributed by atoms with Gasteiger partial charge in [-0.1, -0.05) is 6.92 Å². The second kappa shape index (κ2) is 6.52. The number of hydrogen-bond acceptors (Lipinski definition) is 3. The molecule has 1 atom stereocenters. The molecule has 1 N–H and O–H groups in total. The number of benzene rings is 1. The summed E-state index contributed by atoms with van der Waals surface area (Å²) in [5, 5.41) is 7.82. The van der Waals surface area contributed by atoms with E-state index in [0.29, 0.717) is 5.75 Å². The topological polar surface area (TPSA) is 39.1 Å². The normalized spacial score (nSPS) is 12.4. The molecule has 20 heavy (non-hydrogen) atoms. The number of aromatic nitrogens is 2. The van der Waals surface area contributed by atoms with Crippen LogP contribution in [0, 0.1) is 5.82 Å². The third kappa shape index (κ3) is 3.17. The zero-order valence-corrected chi connectivity index (χ0v) is 12.1. The summed E-state index contributed by atoms with van der Waals surface area (Å²) in [5.74, 6) is 0.380. The summed E-state index contributed by atoms with van der Waals surface area (Å²) in [7, 11) is 3.45. The first-order valence-corrected chi connectivity index (χ1v) is 6.72. The van der Waals surface area contributed by atoms with Crippen molar-refractivity contribution in [1.82, 2.24) is 15.1 Å². The first-order chi connectivity index (χ1) is 9.65. The lowest BCUT2D eigenvalue weighted by atomic mass is 10.0. The van der Waals surface area contributed by atoms with Gasteiger partial charge in [0.2, 0.25) is 0 Å². The summed E-state index contributed by atoms with van der Waals surface area (Å²) in [5.41, 5.74) is 1.62. The second-order valence-corrected chi connectivity index (χ2v) is 4.69. The standard InChI is InChI=1S/C15H20FN3O/c1-4-8-17-15(13-7-9-19(2)18-13)12-10-11(16)5-6-14(12)20-3/h5-7,9-10,15,17H,4,8H2,1-3H3. The van der Waals surface area contributed by atoms with Gasteiger partial charge >= 0.3 is 0 Å². The van der Waals surface area contributed by atoms with Gasteiger partial charge in [0.15, 0.2) is 0 Å². The minimum Gasteiger partial charge on any atom is -0.496 e. The van der Waals surface area contributed by atoms with E-state index in [9.17, 15) is 4.39 Å². The Bertz CT molecular complexity index is 568. The van der Waals surface area contributed by atoms with E-state index in [-0.39, 0.29) is 11.9 Å². The van der Waals surface area contributed by atoms with Gasteiger partial charge in [0.25, 0.3) is 0 Å². The van der Waals surface area contributed by atoms with Gasteiger partial charge in [-0.2, -0.15) is 5.10 Å². The van der Waals surface area contributed by atoms with Crippen LogP contribution in [0.25, 0.3) is 0 Å². The van der Waals surface area contributed by atoms with E-state index in [0.717, 1.165) is 24.2 Å². The molecule has 1 aromatic carbocycles. The lowest BCUT2D eigenvalue weighted by Crippen LogP contribution is -2.24. The van der Waals surface area contributed by atoms with Crippen molar-refractivity contribution in [3.05, 3.63) is 47.5 Å². The lowest BCUT2D eigenvalue weighted by Gasteiger charge is -2.19. The summed E-state index contributed by atoms with van der Waals surface area (Å²) in [6, 6.07) is 6.30. The van der Waals surface area contributed by atoms with Crippen LogP contribution in [-0.2, 0) is 7.05 Å². The van der Waals surface area contributed by atoms with Crippen LogP contribution in [0.2, 0.25) is 0 Å². The molecule has 0 aliphatic heterocycles. The van der Waals surface area contributed by atoms with Gasteiger partial charge in [0, 0.05) is 18.8 Å². The molecule has 0 amide bonds. The van der Waals surface area contributed by atoms with Crippen molar-refractivity contribution in [2.75, 3.05) is 13.7 Å². The predicted molar refractivity (Wildman–Crippen MR) is 76.3 cm³/mol. The average Bonchev–Trinajstić information content (AvgIpc) is 2.86. The Morgan fingerprint density at radius 2 is 2.20 bits per heavy atom. The summed E-state index contributed by atoms with van der Waals surface area (Å²) < 4.78 is 20.7. The van der Waals surface area contributed by atoms with Gasteiger partial charge < -0.3 is 10.1 Å². The molecule has 0 fully saturated rings. The summed E-state index contributed by atoms with van der Waals surface area (Å²) in [4.78, 5) is 0. The molecule has 0 bridgehead atoms. The van der Waals surface area contributed by atoms with E-state index in [1.165, 1.54) is 12.1 Å². The molecule has 0 radical (unpaired) electrons. The zero-order valence-electron chi connectivity index (χ0n) is 12.1. The smallest absolute Gasteiger partial charge is 0.124 e. The molecule has 0 spiro atoms. The van der Waals surface area contributed by atoms with Crippen LogP contribution >= 0.6 is 0 Å². The van der Waals surface area contributed by atoms with Gasteiger partial charge in [-0.25, -0.2) is 4.39 Å². The number of ether oxygens (including phenoxy) is 1. The predicted octanol–water partition coefficient (Wildman–Crippen LogP) is 2.66. The van der Waals surface area contributed by atoms with E-state index in [1.54, 1.807) is 17.9 Å². The highest BCUT2D eigenvalue weighted by Gasteiger charge is 2.20. The molecule has 4 nitrogen and oxygen atoms in total. The molecular formula is C15H20FN3O. The fourth-order valence-corrected chi connectivity index (χ4v) is 2.18. The maximum absolute atomic E-state index is 13.6. The number of nitrogens with one attached hydrogen (secondary N) is 1. The van der Waals surface area contributed by atoms with Crippen LogP contribution in [0.4, 0.5) is 4.39 Å².